The van der Waals surface area contributed by atoms with E-state index in [0.717, 1.165) is 50.5 Å². The molecule has 1 heterocycles. The van der Waals surface area contributed by atoms with E-state index in [-0.39, 0.29) is 30.8 Å². The minimum absolute atomic E-state index is 0.0424. The third-order valence-corrected chi connectivity index (χ3v) is 7.47. The summed E-state index contributed by atoms with van der Waals surface area (Å²) < 4.78 is 29.2. The molecule has 8 heteroatoms. The summed E-state index contributed by atoms with van der Waals surface area (Å²) in [4.78, 5) is 14.6. The normalized spacial score (nSPS) is 27.5. The van der Waals surface area contributed by atoms with Gasteiger partial charge in [-0.2, -0.15) is 4.31 Å². The summed E-state index contributed by atoms with van der Waals surface area (Å²) in [5, 5.41) is 9.77. The Morgan fingerprint density at radius 3 is 2.28 bits per heavy atom. The summed E-state index contributed by atoms with van der Waals surface area (Å²) >= 11 is -2.01. The predicted molar refractivity (Wildman–Crippen MR) is 125 cm³/mol. The quantitative estimate of drug-likeness (QED) is 0.584. The standard InChI is InChI=1S/C24H38N2O5S/c1-24(2,3)31-23(28)26-21(13-14-22(26)17-27)15-18-9-11-20(12-10-18)25(32(29)30)16-19-7-5-4-6-8-19/h4-8,18,20-22,27H,9-17H2,1-3H3,(H,29,30)/t18?,20?,21-,22+/m0/s1. The van der Waals surface area contributed by atoms with Crippen LogP contribution in [0.2, 0.25) is 0 Å². The van der Waals surface area contributed by atoms with Crippen LogP contribution in [0.5, 0.6) is 0 Å². The third-order valence-electron chi connectivity index (χ3n) is 6.65. The Morgan fingerprint density at radius 1 is 1.09 bits per heavy atom. The van der Waals surface area contributed by atoms with Crippen molar-refractivity contribution in [3.05, 3.63) is 35.9 Å². The van der Waals surface area contributed by atoms with Gasteiger partial charge in [-0.3, -0.25) is 9.45 Å². The van der Waals surface area contributed by atoms with Gasteiger partial charge in [0, 0.05) is 18.6 Å². The average Bonchev–Trinajstić information content (AvgIpc) is 3.15. The van der Waals surface area contributed by atoms with Crippen LogP contribution in [0.25, 0.3) is 0 Å². The van der Waals surface area contributed by atoms with Gasteiger partial charge in [0.05, 0.1) is 12.6 Å². The molecule has 180 valence electrons. The number of carbonyl (C=O) groups excluding carboxylic acids is 1. The Morgan fingerprint density at radius 2 is 1.72 bits per heavy atom. The third kappa shape index (κ3) is 6.76. The molecule has 32 heavy (non-hydrogen) atoms. The molecule has 0 spiro atoms. The van der Waals surface area contributed by atoms with Crippen LogP contribution in [-0.4, -0.2) is 59.5 Å². The van der Waals surface area contributed by atoms with Crippen molar-refractivity contribution >= 4 is 17.4 Å². The van der Waals surface area contributed by atoms with Gasteiger partial charge < -0.3 is 9.84 Å². The van der Waals surface area contributed by atoms with Crippen LogP contribution in [0, 0.1) is 5.92 Å². The molecule has 1 saturated carbocycles. The van der Waals surface area contributed by atoms with Crippen molar-refractivity contribution in [2.24, 2.45) is 5.92 Å². The molecule has 3 rings (SSSR count). The van der Waals surface area contributed by atoms with E-state index in [4.69, 9.17) is 4.74 Å². The molecule has 7 nitrogen and oxygen atoms in total. The lowest BCUT2D eigenvalue weighted by Crippen LogP contribution is -2.46. The minimum Gasteiger partial charge on any atom is -0.444 e. The lowest BCUT2D eigenvalue weighted by atomic mass is 9.82. The van der Waals surface area contributed by atoms with Crippen LogP contribution in [0.15, 0.2) is 30.3 Å². The number of aliphatic hydroxyl groups is 1. The average molecular weight is 467 g/mol. The highest BCUT2D eigenvalue weighted by Crippen LogP contribution is 2.36. The number of hydrogen-bond acceptors (Lipinski definition) is 4. The molecule has 1 unspecified atom stereocenters. The van der Waals surface area contributed by atoms with Gasteiger partial charge in [0.25, 0.3) is 0 Å². The summed E-state index contributed by atoms with van der Waals surface area (Å²) in [5.41, 5.74) is 0.468. The van der Waals surface area contributed by atoms with E-state index in [9.17, 15) is 18.7 Å². The van der Waals surface area contributed by atoms with Gasteiger partial charge >= 0.3 is 6.09 Å². The smallest absolute Gasteiger partial charge is 0.410 e. The zero-order chi connectivity index (χ0) is 23.3. The van der Waals surface area contributed by atoms with Crippen molar-refractivity contribution in [2.75, 3.05) is 6.61 Å². The Hall–Kier alpha value is -1.48. The number of likely N-dealkylation sites (tertiary alicyclic amines) is 1. The van der Waals surface area contributed by atoms with Gasteiger partial charge in [-0.15, -0.1) is 0 Å². The van der Waals surface area contributed by atoms with Crippen molar-refractivity contribution in [2.45, 2.75) is 96.0 Å². The number of amides is 1. The van der Waals surface area contributed by atoms with Gasteiger partial charge in [-0.05, 0) is 77.2 Å². The molecule has 2 N–H and O–H groups in total. The molecule has 2 aliphatic rings. The lowest BCUT2D eigenvalue weighted by Gasteiger charge is -2.37. The first-order valence-corrected chi connectivity index (χ1v) is 12.8. The second-order valence-electron chi connectivity index (χ2n) is 10.2. The van der Waals surface area contributed by atoms with E-state index in [0.29, 0.717) is 12.5 Å². The fraction of sp³-hybridized carbons (Fsp3) is 0.708. The number of nitrogens with zero attached hydrogens (tertiary/aromatic N) is 2. The molecule has 1 amide bonds. The summed E-state index contributed by atoms with van der Waals surface area (Å²) in [5.74, 6) is 0.462. The zero-order valence-electron chi connectivity index (χ0n) is 19.5. The van der Waals surface area contributed by atoms with Crippen LogP contribution in [0.4, 0.5) is 4.79 Å². The molecule has 1 aliphatic carbocycles. The zero-order valence-corrected chi connectivity index (χ0v) is 20.3. The van der Waals surface area contributed by atoms with E-state index in [1.807, 2.05) is 51.1 Å². The molecule has 1 saturated heterocycles. The molecular weight excluding hydrogens is 428 g/mol. The van der Waals surface area contributed by atoms with Crippen molar-refractivity contribution in [3.63, 3.8) is 0 Å². The monoisotopic (exact) mass is 466 g/mol. The molecule has 1 aliphatic heterocycles. The molecule has 0 bridgehead atoms. The number of aliphatic hydroxyl groups excluding tert-OH is 1. The van der Waals surface area contributed by atoms with Crippen LogP contribution < -0.4 is 0 Å². The van der Waals surface area contributed by atoms with Crippen molar-refractivity contribution in [1.82, 2.24) is 9.21 Å². The van der Waals surface area contributed by atoms with Crippen molar-refractivity contribution in [1.29, 1.82) is 0 Å². The number of ether oxygens (including phenoxy) is 1. The second-order valence-corrected chi connectivity index (χ2v) is 11.1. The fourth-order valence-electron chi connectivity index (χ4n) is 5.11. The van der Waals surface area contributed by atoms with Gasteiger partial charge in [0.15, 0.2) is 0 Å². The largest absolute Gasteiger partial charge is 0.444 e. The Balaban J connectivity index is 1.57. The summed E-state index contributed by atoms with van der Waals surface area (Å²) in [6.07, 6.45) is 5.90. The Bertz CT molecular complexity index is 761. The van der Waals surface area contributed by atoms with Crippen LogP contribution in [0.1, 0.15) is 71.3 Å². The molecular formula is C24H38N2O5S. The molecule has 1 aromatic rings. The molecule has 0 radical (unpaired) electrons. The van der Waals surface area contributed by atoms with Crippen LogP contribution >= 0.6 is 0 Å². The van der Waals surface area contributed by atoms with Crippen molar-refractivity contribution in [3.8, 4) is 0 Å². The van der Waals surface area contributed by atoms with Gasteiger partial charge in [0.1, 0.15) is 5.60 Å². The molecule has 1 aromatic carbocycles. The highest BCUT2D eigenvalue weighted by molar-refractivity contribution is 7.76. The summed E-state index contributed by atoms with van der Waals surface area (Å²) in [7, 11) is 0. The summed E-state index contributed by atoms with van der Waals surface area (Å²) in [6, 6.07) is 9.78. The number of rotatable bonds is 7. The van der Waals surface area contributed by atoms with Gasteiger partial charge in [0.2, 0.25) is 11.3 Å². The molecule has 2 fully saturated rings. The lowest BCUT2D eigenvalue weighted by molar-refractivity contribution is 0.00593. The second kappa shape index (κ2) is 11.1. The van der Waals surface area contributed by atoms with Gasteiger partial charge in [-0.1, -0.05) is 30.3 Å². The van der Waals surface area contributed by atoms with E-state index >= 15 is 0 Å². The maximum absolute atomic E-state index is 12.8. The highest BCUT2D eigenvalue weighted by Gasteiger charge is 2.40. The first-order chi connectivity index (χ1) is 15.2. The van der Waals surface area contributed by atoms with Crippen LogP contribution in [0.3, 0.4) is 0 Å². The van der Waals surface area contributed by atoms with Crippen LogP contribution in [-0.2, 0) is 22.5 Å². The number of hydrogen-bond donors (Lipinski definition) is 2. The maximum Gasteiger partial charge on any atom is 0.410 e. The summed E-state index contributed by atoms with van der Waals surface area (Å²) in [6.45, 7) is 6.00. The predicted octanol–water partition coefficient (Wildman–Crippen LogP) is 4.33. The van der Waals surface area contributed by atoms with E-state index in [1.54, 1.807) is 9.21 Å². The molecule has 0 aromatic heterocycles. The number of benzene rings is 1. The van der Waals surface area contributed by atoms with Gasteiger partial charge in [-0.25, -0.2) is 9.00 Å². The highest BCUT2D eigenvalue weighted by atomic mass is 32.2. The molecule has 3 atom stereocenters. The topological polar surface area (TPSA) is 90.3 Å². The SMILES string of the molecule is CC(C)(C)OC(=O)N1[C@@H](CO)CC[C@H]1CC1CCC(N(Cc2ccccc2)S(=O)O)CC1. The van der Waals surface area contributed by atoms with Crippen molar-refractivity contribution < 1.29 is 23.4 Å². The van der Waals surface area contributed by atoms with E-state index < -0.39 is 16.9 Å². The maximum atomic E-state index is 12.8. The van der Waals surface area contributed by atoms with E-state index in [1.165, 1.54) is 0 Å². The fourth-order valence-corrected chi connectivity index (χ4v) is 5.84. The number of carbonyl (C=O) groups is 1. The first kappa shape index (κ1) is 25.1. The minimum atomic E-state index is -2.01. The Kier molecular flexibility index (Phi) is 8.72. The Labute approximate surface area is 194 Å². The van der Waals surface area contributed by atoms with E-state index in [2.05, 4.69) is 0 Å². The first-order valence-electron chi connectivity index (χ1n) is 11.7.